The second kappa shape index (κ2) is 8.44. The van der Waals surface area contributed by atoms with Crippen LogP contribution in [0.25, 0.3) is 0 Å². The molecule has 0 fully saturated rings. The maximum Gasteiger partial charge on any atom is 0.308 e. The third-order valence-corrected chi connectivity index (χ3v) is 3.64. The molecule has 2 aromatic rings. The van der Waals surface area contributed by atoms with E-state index < -0.39 is 0 Å². The molecule has 0 saturated carbocycles. The third-order valence-electron chi connectivity index (χ3n) is 3.39. The lowest BCUT2D eigenvalue weighted by Crippen LogP contribution is -2.17. The quantitative estimate of drug-likeness (QED) is 0.760. The van der Waals surface area contributed by atoms with Gasteiger partial charge in [-0.25, -0.2) is 0 Å². The predicted molar refractivity (Wildman–Crippen MR) is 92.1 cm³/mol. The van der Waals surface area contributed by atoms with Crippen molar-refractivity contribution in [3.63, 3.8) is 0 Å². The highest BCUT2D eigenvalue weighted by Crippen LogP contribution is 2.30. The summed E-state index contributed by atoms with van der Waals surface area (Å²) in [7, 11) is 1.61. The van der Waals surface area contributed by atoms with Gasteiger partial charge in [0, 0.05) is 5.02 Å². The van der Waals surface area contributed by atoms with E-state index >= 15 is 0 Å². The molecule has 2 aromatic carbocycles. The van der Waals surface area contributed by atoms with Crippen molar-refractivity contribution < 1.29 is 14.3 Å². The van der Waals surface area contributed by atoms with Crippen molar-refractivity contribution in [1.29, 1.82) is 0 Å². The van der Waals surface area contributed by atoms with Crippen LogP contribution in [0, 0.1) is 0 Å². The number of para-hydroxylation sites is 2. The Kier molecular flexibility index (Phi) is 6.29. The first-order chi connectivity index (χ1) is 11.1. The van der Waals surface area contributed by atoms with Crippen molar-refractivity contribution in [2.75, 3.05) is 19.0 Å². The van der Waals surface area contributed by atoms with Crippen LogP contribution in [0.15, 0.2) is 48.5 Å². The van der Waals surface area contributed by atoms with Crippen molar-refractivity contribution in [2.24, 2.45) is 0 Å². The molecule has 23 heavy (non-hydrogen) atoms. The van der Waals surface area contributed by atoms with Crippen LogP contribution in [0.3, 0.4) is 0 Å². The number of hydrogen-bond acceptors (Lipinski definition) is 4. The largest absolute Gasteiger partial charge is 0.495 e. The summed E-state index contributed by atoms with van der Waals surface area (Å²) in [6.07, 6.45) is 0.216. The Morgan fingerprint density at radius 2 is 1.87 bits per heavy atom. The average Bonchev–Trinajstić information content (AvgIpc) is 2.55. The van der Waals surface area contributed by atoms with E-state index in [2.05, 4.69) is 5.32 Å². The summed E-state index contributed by atoms with van der Waals surface area (Å²) in [5.41, 5.74) is 1.77. The lowest BCUT2D eigenvalue weighted by molar-refractivity contribution is -0.143. The van der Waals surface area contributed by atoms with Gasteiger partial charge in [0.2, 0.25) is 0 Å². The first-order valence-corrected chi connectivity index (χ1v) is 7.82. The minimum absolute atomic E-state index is 0.216. The molecule has 0 amide bonds. The van der Waals surface area contributed by atoms with Crippen molar-refractivity contribution in [2.45, 2.75) is 19.4 Å². The van der Waals surface area contributed by atoms with Gasteiger partial charge in [0.1, 0.15) is 5.75 Å². The fraction of sp³-hybridized carbons (Fsp3) is 0.278. The number of esters is 1. The zero-order valence-corrected chi connectivity index (χ0v) is 14.0. The molecule has 1 N–H and O–H groups in total. The Balaban J connectivity index is 2.25. The van der Waals surface area contributed by atoms with E-state index in [1.807, 2.05) is 36.4 Å². The van der Waals surface area contributed by atoms with Crippen LogP contribution >= 0.6 is 11.6 Å². The highest BCUT2D eigenvalue weighted by Gasteiger charge is 2.18. The Labute approximate surface area is 141 Å². The monoisotopic (exact) mass is 333 g/mol. The molecular formula is C18H20ClNO3. The number of anilines is 1. The Morgan fingerprint density at radius 1 is 1.17 bits per heavy atom. The van der Waals surface area contributed by atoms with E-state index in [0.717, 1.165) is 17.0 Å². The summed E-state index contributed by atoms with van der Waals surface area (Å²) in [5.74, 6) is 0.463. The molecule has 0 aromatic heterocycles. The van der Waals surface area contributed by atoms with E-state index in [4.69, 9.17) is 21.1 Å². The van der Waals surface area contributed by atoms with Gasteiger partial charge in [0.15, 0.2) is 0 Å². The Morgan fingerprint density at radius 3 is 2.52 bits per heavy atom. The maximum absolute atomic E-state index is 11.9. The fourth-order valence-electron chi connectivity index (χ4n) is 2.29. The highest BCUT2D eigenvalue weighted by atomic mass is 35.5. The minimum Gasteiger partial charge on any atom is -0.495 e. The summed E-state index contributed by atoms with van der Waals surface area (Å²) in [5, 5.41) is 4.01. The molecule has 0 saturated heterocycles. The lowest BCUT2D eigenvalue weighted by Gasteiger charge is -2.21. The maximum atomic E-state index is 11.9. The number of hydrogen-bond donors (Lipinski definition) is 1. The number of carbonyl (C=O) groups excluding carboxylic acids is 1. The van der Waals surface area contributed by atoms with E-state index in [-0.39, 0.29) is 18.4 Å². The highest BCUT2D eigenvalue weighted by molar-refractivity contribution is 6.30. The number of carbonyl (C=O) groups is 1. The summed E-state index contributed by atoms with van der Waals surface area (Å²) >= 11 is 5.95. The van der Waals surface area contributed by atoms with Crippen LogP contribution in [-0.2, 0) is 9.53 Å². The van der Waals surface area contributed by atoms with Gasteiger partial charge in [-0.1, -0.05) is 35.9 Å². The molecule has 0 aliphatic carbocycles. The smallest absolute Gasteiger partial charge is 0.308 e. The number of methoxy groups -OCH3 is 1. The van der Waals surface area contributed by atoms with Crippen LogP contribution in [0.1, 0.15) is 24.9 Å². The summed E-state index contributed by atoms with van der Waals surface area (Å²) in [6.45, 7) is 2.16. The van der Waals surface area contributed by atoms with Gasteiger partial charge in [0.25, 0.3) is 0 Å². The number of rotatable bonds is 7. The van der Waals surface area contributed by atoms with Crippen LogP contribution in [0.2, 0.25) is 5.02 Å². The summed E-state index contributed by atoms with van der Waals surface area (Å²) in [4.78, 5) is 11.9. The topological polar surface area (TPSA) is 47.6 Å². The lowest BCUT2D eigenvalue weighted by atomic mass is 10.0. The zero-order valence-electron chi connectivity index (χ0n) is 13.2. The average molecular weight is 334 g/mol. The SMILES string of the molecule is CCOC(=O)C[C@@H](Nc1ccccc1OC)c1ccc(Cl)cc1. The Bertz CT molecular complexity index is 643. The Hall–Kier alpha value is -2.20. The van der Waals surface area contributed by atoms with Crippen LogP contribution in [0.4, 0.5) is 5.69 Å². The molecule has 0 aliphatic rings. The normalized spacial score (nSPS) is 11.6. The van der Waals surface area contributed by atoms with Crippen LogP contribution < -0.4 is 10.1 Å². The first kappa shape index (κ1) is 17.2. The molecule has 5 heteroatoms. The van der Waals surface area contributed by atoms with Crippen molar-refractivity contribution in [3.05, 3.63) is 59.1 Å². The number of ether oxygens (including phenoxy) is 2. The van der Waals surface area contributed by atoms with Gasteiger partial charge < -0.3 is 14.8 Å². The minimum atomic E-state index is -0.255. The van der Waals surface area contributed by atoms with E-state index in [1.165, 1.54) is 0 Å². The number of halogens is 1. The zero-order chi connectivity index (χ0) is 16.7. The second-order valence-corrected chi connectivity index (χ2v) is 5.39. The molecular weight excluding hydrogens is 314 g/mol. The fourth-order valence-corrected chi connectivity index (χ4v) is 2.41. The van der Waals surface area contributed by atoms with Gasteiger partial charge in [-0.05, 0) is 36.8 Å². The van der Waals surface area contributed by atoms with E-state index in [9.17, 15) is 4.79 Å². The van der Waals surface area contributed by atoms with Gasteiger partial charge in [-0.15, -0.1) is 0 Å². The van der Waals surface area contributed by atoms with Crippen LogP contribution in [-0.4, -0.2) is 19.7 Å². The summed E-state index contributed by atoms with van der Waals surface area (Å²) < 4.78 is 10.4. The van der Waals surface area contributed by atoms with Crippen molar-refractivity contribution in [1.82, 2.24) is 0 Å². The number of nitrogens with one attached hydrogen (secondary N) is 1. The molecule has 122 valence electrons. The first-order valence-electron chi connectivity index (χ1n) is 7.44. The molecule has 1 atom stereocenters. The molecule has 4 nitrogen and oxygen atoms in total. The molecule has 0 bridgehead atoms. The van der Waals surface area contributed by atoms with E-state index in [0.29, 0.717) is 11.6 Å². The van der Waals surface area contributed by atoms with Gasteiger partial charge in [-0.3, -0.25) is 4.79 Å². The third kappa shape index (κ3) is 4.89. The molecule has 0 unspecified atom stereocenters. The molecule has 0 aliphatic heterocycles. The number of benzene rings is 2. The molecule has 0 heterocycles. The predicted octanol–water partition coefficient (Wildman–Crippen LogP) is 4.46. The summed E-state index contributed by atoms with van der Waals surface area (Å²) in [6, 6.07) is 14.8. The molecule has 0 radical (unpaired) electrons. The van der Waals surface area contributed by atoms with Gasteiger partial charge >= 0.3 is 5.97 Å². The van der Waals surface area contributed by atoms with Gasteiger partial charge in [-0.2, -0.15) is 0 Å². The van der Waals surface area contributed by atoms with Crippen LogP contribution in [0.5, 0.6) is 5.75 Å². The van der Waals surface area contributed by atoms with E-state index in [1.54, 1.807) is 26.2 Å². The standard InChI is InChI=1S/C18H20ClNO3/c1-3-23-18(21)12-16(13-8-10-14(19)11-9-13)20-15-6-4-5-7-17(15)22-2/h4-11,16,20H,3,12H2,1-2H3/t16-/m1/s1. The van der Waals surface area contributed by atoms with Crippen molar-refractivity contribution in [3.8, 4) is 5.75 Å². The van der Waals surface area contributed by atoms with Gasteiger partial charge in [0.05, 0.1) is 31.9 Å². The second-order valence-electron chi connectivity index (χ2n) is 4.96. The molecule has 0 spiro atoms. The van der Waals surface area contributed by atoms with Crippen molar-refractivity contribution >= 4 is 23.3 Å². The molecule has 2 rings (SSSR count).